The van der Waals surface area contributed by atoms with Gasteiger partial charge in [0.25, 0.3) is 0 Å². The highest BCUT2D eigenvalue weighted by Crippen LogP contribution is 2.41. The Morgan fingerprint density at radius 2 is 1.90 bits per heavy atom. The normalized spacial score (nSPS) is 12.1. The van der Waals surface area contributed by atoms with Crippen molar-refractivity contribution >= 4 is 26.7 Å². The average Bonchev–Trinajstić information content (AvgIpc) is 3.62. The Morgan fingerprint density at radius 1 is 1.10 bits per heavy atom. The second-order valence-corrected chi connectivity index (χ2v) is 9.94. The molecule has 0 spiro atoms. The fraction of sp³-hybridized carbons (Fsp3) is 0.333. The number of nitrogens with zero attached hydrogens (tertiary/aromatic N) is 5. The molecule has 204 valence electrons. The van der Waals surface area contributed by atoms with Crippen LogP contribution in [0.15, 0.2) is 51.6 Å². The molecular formula is C27H26BrF3N6O2. The summed E-state index contributed by atoms with van der Waals surface area (Å²) in [4.78, 5) is 0. The third-order valence-electron chi connectivity index (χ3n) is 6.50. The lowest BCUT2D eigenvalue weighted by Gasteiger charge is -2.12. The smallest absolute Gasteiger partial charge is 0.408 e. The van der Waals surface area contributed by atoms with E-state index in [1.807, 2.05) is 49.4 Å². The van der Waals surface area contributed by atoms with Crippen molar-refractivity contribution in [3.8, 4) is 22.7 Å². The number of methoxy groups -OCH3 is 1. The number of tetrazole rings is 1. The molecule has 0 unspecified atom stereocenters. The van der Waals surface area contributed by atoms with Crippen molar-refractivity contribution in [2.24, 2.45) is 0 Å². The molecule has 0 saturated carbocycles. The first-order chi connectivity index (χ1) is 18.8. The zero-order valence-corrected chi connectivity index (χ0v) is 22.9. The molecule has 5 rings (SSSR count). The topological polar surface area (TPSA) is 94.7 Å². The Hall–Kier alpha value is -3.51. The van der Waals surface area contributed by atoms with Crippen LogP contribution in [0.25, 0.3) is 33.5 Å². The van der Waals surface area contributed by atoms with Gasteiger partial charge in [-0.1, -0.05) is 49.7 Å². The van der Waals surface area contributed by atoms with Crippen LogP contribution < -0.4 is 0 Å². The van der Waals surface area contributed by atoms with E-state index < -0.39 is 12.7 Å². The summed E-state index contributed by atoms with van der Waals surface area (Å²) in [6.07, 6.45) is -1.83. The molecule has 2 aromatic carbocycles. The summed E-state index contributed by atoms with van der Waals surface area (Å²) in [5, 5.41) is 20.4. The number of hydrogen-bond donors (Lipinski definition) is 1. The number of furan rings is 1. The minimum Gasteiger partial charge on any atom is -0.448 e. The molecule has 0 aliphatic heterocycles. The molecule has 0 amide bonds. The fourth-order valence-electron chi connectivity index (χ4n) is 4.79. The van der Waals surface area contributed by atoms with Crippen LogP contribution in [0.3, 0.4) is 0 Å². The Kier molecular flexibility index (Phi) is 7.85. The van der Waals surface area contributed by atoms with Crippen molar-refractivity contribution in [2.75, 3.05) is 7.11 Å². The number of ether oxygens (including phenoxy) is 1. The van der Waals surface area contributed by atoms with E-state index in [9.17, 15) is 13.2 Å². The zero-order valence-electron chi connectivity index (χ0n) is 21.3. The highest BCUT2D eigenvalue weighted by Gasteiger charge is 2.31. The Morgan fingerprint density at radius 3 is 2.59 bits per heavy atom. The number of aromatic nitrogens is 6. The molecule has 39 heavy (non-hydrogen) atoms. The van der Waals surface area contributed by atoms with Crippen molar-refractivity contribution in [1.82, 2.24) is 30.4 Å². The van der Waals surface area contributed by atoms with E-state index in [1.165, 1.54) is 7.11 Å². The minimum atomic E-state index is -4.37. The third-order valence-corrected chi connectivity index (χ3v) is 7.09. The Balaban J connectivity index is 1.55. The molecule has 0 atom stereocenters. The molecule has 3 heterocycles. The number of fused-ring (bicyclic) bond motifs is 1. The van der Waals surface area contributed by atoms with Gasteiger partial charge >= 0.3 is 6.18 Å². The molecular weight excluding hydrogens is 577 g/mol. The lowest BCUT2D eigenvalue weighted by molar-refractivity contribution is -0.143. The van der Waals surface area contributed by atoms with Crippen molar-refractivity contribution in [3.05, 3.63) is 69.6 Å². The largest absolute Gasteiger partial charge is 0.448 e. The fourth-order valence-corrected chi connectivity index (χ4v) is 5.28. The van der Waals surface area contributed by atoms with E-state index in [1.54, 1.807) is 0 Å². The standard InChI is InChI=1S/C27H26BrF3N6O2/c1-3-4-9-23-21(22(14-38-2)34-37(23)15-27(29,30)31)13-16-10-11-18-20(12-16)25(28)39-24(18)17-7-5-6-8-19(17)26-32-35-36-33-26/h5-8,10-12H,3-4,9,13-15H2,1-2H3,(H,32,33,35,36). The summed E-state index contributed by atoms with van der Waals surface area (Å²) in [7, 11) is 1.51. The van der Waals surface area contributed by atoms with Gasteiger partial charge in [-0.2, -0.15) is 23.5 Å². The molecule has 5 aromatic rings. The monoisotopic (exact) mass is 602 g/mol. The number of nitrogens with one attached hydrogen (secondary N) is 1. The lowest BCUT2D eigenvalue weighted by Crippen LogP contribution is -2.20. The Bertz CT molecular complexity index is 1580. The number of rotatable bonds is 10. The number of benzene rings is 2. The van der Waals surface area contributed by atoms with Gasteiger partial charge in [0.15, 0.2) is 4.67 Å². The second kappa shape index (κ2) is 11.3. The van der Waals surface area contributed by atoms with Crippen LogP contribution in [-0.2, 0) is 30.7 Å². The van der Waals surface area contributed by atoms with Crippen LogP contribution >= 0.6 is 15.9 Å². The van der Waals surface area contributed by atoms with E-state index in [0.29, 0.717) is 40.5 Å². The number of unbranched alkanes of at least 4 members (excludes halogenated alkanes) is 1. The molecule has 0 aliphatic carbocycles. The van der Waals surface area contributed by atoms with Gasteiger partial charge < -0.3 is 9.15 Å². The molecule has 0 aliphatic rings. The summed E-state index contributed by atoms with van der Waals surface area (Å²) < 4.78 is 53.2. The number of aromatic amines is 1. The van der Waals surface area contributed by atoms with E-state index >= 15 is 0 Å². The first-order valence-electron chi connectivity index (χ1n) is 12.5. The first-order valence-corrected chi connectivity index (χ1v) is 13.3. The highest BCUT2D eigenvalue weighted by atomic mass is 79.9. The van der Waals surface area contributed by atoms with Crippen LogP contribution in [0.1, 0.15) is 42.3 Å². The van der Waals surface area contributed by atoms with Crippen molar-refractivity contribution < 1.29 is 22.3 Å². The van der Waals surface area contributed by atoms with Gasteiger partial charge in [0, 0.05) is 46.7 Å². The van der Waals surface area contributed by atoms with Gasteiger partial charge in [-0.3, -0.25) is 4.68 Å². The molecule has 0 saturated heterocycles. The lowest BCUT2D eigenvalue weighted by atomic mass is 9.97. The maximum absolute atomic E-state index is 13.4. The maximum Gasteiger partial charge on any atom is 0.408 e. The molecule has 0 radical (unpaired) electrons. The first kappa shape index (κ1) is 27.1. The van der Waals surface area contributed by atoms with Gasteiger partial charge in [-0.05, 0) is 45.6 Å². The highest BCUT2D eigenvalue weighted by molar-refractivity contribution is 9.10. The van der Waals surface area contributed by atoms with Crippen LogP contribution in [-0.4, -0.2) is 43.7 Å². The summed E-state index contributed by atoms with van der Waals surface area (Å²) in [6, 6.07) is 13.5. The SMILES string of the molecule is CCCCc1c(Cc2ccc3c(-c4ccccc4-c4nn[nH]n4)oc(Br)c3c2)c(COC)nn1CC(F)(F)F. The predicted molar refractivity (Wildman–Crippen MR) is 143 cm³/mol. The quantitative estimate of drug-likeness (QED) is 0.187. The Labute approximate surface area is 230 Å². The summed E-state index contributed by atoms with van der Waals surface area (Å²) in [5.74, 6) is 1.09. The predicted octanol–water partition coefficient (Wildman–Crippen LogP) is 6.88. The minimum absolute atomic E-state index is 0.133. The van der Waals surface area contributed by atoms with Crippen LogP contribution in [0.2, 0.25) is 0 Å². The molecule has 0 fully saturated rings. The molecule has 0 bridgehead atoms. The number of hydrogen-bond acceptors (Lipinski definition) is 6. The molecule has 1 N–H and O–H groups in total. The summed E-state index contributed by atoms with van der Waals surface area (Å²) >= 11 is 3.56. The number of alkyl halides is 3. The van der Waals surface area contributed by atoms with E-state index in [-0.39, 0.29) is 6.61 Å². The van der Waals surface area contributed by atoms with Gasteiger partial charge in [0.2, 0.25) is 5.82 Å². The van der Waals surface area contributed by atoms with E-state index in [2.05, 4.69) is 41.7 Å². The van der Waals surface area contributed by atoms with Gasteiger partial charge in [-0.25, -0.2) is 0 Å². The van der Waals surface area contributed by atoms with E-state index in [4.69, 9.17) is 9.15 Å². The third kappa shape index (κ3) is 5.76. The molecule has 12 heteroatoms. The van der Waals surface area contributed by atoms with Gasteiger partial charge in [0.1, 0.15) is 12.3 Å². The molecule has 8 nitrogen and oxygen atoms in total. The van der Waals surface area contributed by atoms with Crippen molar-refractivity contribution in [3.63, 3.8) is 0 Å². The maximum atomic E-state index is 13.4. The van der Waals surface area contributed by atoms with Crippen LogP contribution in [0.5, 0.6) is 0 Å². The summed E-state index contributed by atoms with van der Waals surface area (Å²) in [6.45, 7) is 1.02. The van der Waals surface area contributed by atoms with Gasteiger partial charge in [0.05, 0.1) is 12.3 Å². The summed E-state index contributed by atoms with van der Waals surface area (Å²) in [5.41, 5.74) is 4.39. The van der Waals surface area contributed by atoms with Crippen LogP contribution in [0, 0.1) is 0 Å². The number of H-pyrrole nitrogens is 1. The molecule has 3 aromatic heterocycles. The van der Waals surface area contributed by atoms with E-state index in [0.717, 1.165) is 50.5 Å². The van der Waals surface area contributed by atoms with Gasteiger partial charge in [-0.15, -0.1) is 10.2 Å². The van der Waals surface area contributed by atoms with Crippen LogP contribution in [0.4, 0.5) is 13.2 Å². The zero-order chi connectivity index (χ0) is 27.6. The average molecular weight is 603 g/mol. The number of halogens is 4. The second-order valence-electron chi connectivity index (χ2n) is 9.22. The van der Waals surface area contributed by atoms with Crippen molar-refractivity contribution in [1.29, 1.82) is 0 Å². The van der Waals surface area contributed by atoms with Crippen molar-refractivity contribution in [2.45, 2.75) is 51.9 Å².